The van der Waals surface area contributed by atoms with E-state index >= 15 is 0 Å². The maximum Gasteiger partial charge on any atom is 0.255 e. The third-order valence-electron chi connectivity index (χ3n) is 4.68. The average Bonchev–Trinajstić information content (AvgIpc) is 2.82. The highest BCUT2D eigenvalue weighted by atomic mass is 19.1. The molecule has 0 saturated heterocycles. The minimum atomic E-state index is -0.271. The van der Waals surface area contributed by atoms with Crippen LogP contribution in [-0.4, -0.2) is 22.5 Å². The molecule has 1 aromatic heterocycles. The van der Waals surface area contributed by atoms with E-state index in [0.29, 0.717) is 17.1 Å². The number of nitrogens with one attached hydrogen (secondary N) is 2. The molecule has 6 nitrogen and oxygen atoms in total. The Morgan fingerprint density at radius 1 is 1.03 bits per heavy atom. The number of aliphatic hydroxyl groups is 1. The third-order valence-corrected chi connectivity index (χ3v) is 4.68. The van der Waals surface area contributed by atoms with Crippen LogP contribution in [0.25, 0.3) is 0 Å². The Bertz CT molecular complexity index is 947. The number of pyridine rings is 1. The van der Waals surface area contributed by atoms with Gasteiger partial charge in [0.05, 0.1) is 12.3 Å². The van der Waals surface area contributed by atoms with Crippen molar-refractivity contribution >= 4 is 17.4 Å². The van der Waals surface area contributed by atoms with Crippen molar-refractivity contribution in [1.82, 2.24) is 10.3 Å². The number of amides is 1. The number of nitrogen functional groups attached to an aromatic ring is 1. The first-order valence-electron chi connectivity index (χ1n) is 10.7. The summed E-state index contributed by atoms with van der Waals surface area (Å²) in [5, 5.41) is 14.7. The fourth-order valence-electron chi connectivity index (χ4n) is 2.81. The molecule has 3 rings (SSSR count). The van der Waals surface area contributed by atoms with E-state index < -0.39 is 0 Å². The van der Waals surface area contributed by atoms with E-state index in [1.807, 2.05) is 24.3 Å². The predicted octanol–water partition coefficient (Wildman–Crippen LogP) is 4.51. The van der Waals surface area contributed by atoms with Crippen LogP contribution in [0.5, 0.6) is 0 Å². The van der Waals surface area contributed by atoms with E-state index in [-0.39, 0.29) is 18.3 Å². The van der Waals surface area contributed by atoms with Crippen molar-refractivity contribution in [2.45, 2.75) is 39.3 Å². The molecular formula is C25H31FN4O2. The monoisotopic (exact) mass is 438 g/mol. The number of nitrogens with two attached hydrogens (primary N) is 1. The number of halogens is 1. The molecule has 0 saturated carbocycles. The van der Waals surface area contributed by atoms with Crippen molar-refractivity contribution < 1.29 is 14.3 Å². The summed E-state index contributed by atoms with van der Waals surface area (Å²) in [5.74, 6) is -0.145. The summed E-state index contributed by atoms with van der Waals surface area (Å²) in [7, 11) is 0. The number of anilines is 2. The molecule has 0 spiro atoms. The van der Waals surface area contributed by atoms with Crippen LogP contribution in [0.15, 0.2) is 66.9 Å². The van der Waals surface area contributed by atoms with E-state index in [4.69, 9.17) is 10.8 Å². The van der Waals surface area contributed by atoms with Gasteiger partial charge in [0.1, 0.15) is 11.6 Å². The predicted molar refractivity (Wildman–Crippen MR) is 127 cm³/mol. The second kappa shape index (κ2) is 13.9. The number of rotatable bonds is 9. The number of aromatic nitrogens is 1. The number of aliphatic hydroxyl groups excluding tert-OH is 1. The van der Waals surface area contributed by atoms with Crippen LogP contribution in [0.2, 0.25) is 0 Å². The van der Waals surface area contributed by atoms with Crippen LogP contribution >= 0.6 is 0 Å². The lowest BCUT2D eigenvalue weighted by molar-refractivity contribution is 0.102. The smallest absolute Gasteiger partial charge is 0.255 e. The van der Waals surface area contributed by atoms with Crippen molar-refractivity contribution in [2.24, 2.45) is 0 Å². The second-order valence-corrected chi connectivity index (χ2v) is 7.26. The number of unbranched alkanes of at least 4 members (excludes halogenated alkanes) is 2. The van der Waals surface area contributed by atoms with Crippen molar-refractivity contribution in [1.29, 1.82) is 0 Å². The lowest BCUT2D eigenvalue weighted by Crippen LogP contribution is -2.15. The normalized spacial score (nSPS) is 10.2. The molecule has 0 bridgehead atoms. The van der Waals surface area contributed by atoms with Gasteiger partial charge in [0.2, 0.25) is 0 Å². The first-order chi connectivity index (χ1) is 15.5. The Balaban J connectivity index is 0.000000336. The minimum Gasteiger partial charge on any atom is -0.392 e. The largest absolute Gasteiger partial charge is 0.392 e. The van der Waals surface area contributed by atoms with Crippen molar-refractivity contribution in [3.63, 3.8) is 0 Å². The van der Waals surface area contributed by atoms with Crippen LogP contribution < -0.4 is 16.4 Å². The van der Waals surface area contributed by atoms with E-state index in [2.05, 4.69) is 22.5 Å². The molecule has 2 aromatic carbocycles. The molecule has 0 aliphatic carbocycles. The molecule has 0 aliphatic rings. The molecule has 1 amide bonds. The van der Waals surface area contributed by atoms with Gasteiger partial charge >= 0.3 is 0 Å². The average molecular weight is 439 g/mol. The third kappa shape index (κ3) is 8.83. The Kier molecular flexibility index (Phi) is 10.8. The van der Waals surface area contributed by atoms with Crippen molar-refractivity contribution in [3.8, 4) is 0 Å². The zero-order chi connectivity index (χ0) is 23.2. The summed E-state index contributed by atoms with van der Waals surface area (Å²) in [4.78, 5) is 16.1. The van der Waals surface area contributed by atoms with Gasteiger partial charge < -0.3 is 21.5 Å². The van der Waals surface area contributed by atoms with Gasteiger partial charge in [-0.2, -0.15) is 0 Å². The standard InChI is InChI=1S/C18H24N4O.C7H7FO/c1-2-3-4-11-20-13-14-7-9-15(10-8-14)18(23)22-16-6-5-12-21-17(16)19;8-7-3-1-6(5-9)2-4-7/h5-10,12,20H,2-4,11,13H2,1H3,(H2,19,21)(H,22,23);1-4,9H,5H2. The van der Waals surface area contributed by atoms with E-state index in [0.717, 1.165) is 18.7 Å². The number of carbonyl (C=O) groups is 1. The molecule has 1 heterocycles. The lowest BCUT2D eigenvalue weighted by Gasteiger charge is -2.08. The van der Waals surface area contributed by atoms with E-state index in [1.165, 1.54) is 37.0 Å². The topological polar surface area (TPSA) is 100 Å². The number of hydrogen-bond acceptors (Lipinski definition) is 5. The Hall–Kier alpha value is -3.29. The summed E-state index contributed by atoms with van der Waals surface area (Å²) in [6, 6.07) is 16.8. The van der Waals surface area contributed by atoms with Gasteiger partial charge in [0.15, 0.2) is 0 Å². The van der Waals surface area contributed by atoms with Crippen molar-refractivity contribution in [3.05, 3.63) is 89.4 Å². The van der Waals surface area contributed by atoms with Crippen LogP contribution in [0.4, 0.5) is 15.9 Å². The molecule has 0 unspecified atom stereocenters. The molecule has 0 aliphatic heterocycles. The van der Waals surface area contributed by atoms with Gasteiger partial charge in [-0.1, -0.05) is 44.0 Å². The van der Waals surface area contributed by atoms with Gasteiger partial charge in [0.25, 0.3) is 5.91 Å². The lowest BCUT2D eigenvalue weighted by atomic mass is 10.1. The van der Waals surface area contributed by atoms with Gasteiger partial charge in [-0.25, -0.2) is 9.37 Å². The molecule has 0 fully saturated rings. The SMILES string of the molecule is CCCCCNCc1ccc(C(=O)Nc2cccnc2N)cc1.OCc1ccc(F)cc1. The highest BCUT2D eigenvalue weighted by Crippen LogP contribution is 2.15. The van der Waals surface area contributed by atoms with Crippen molar-refractivity contribution in [2.75, 3.05) is 17.6 Å². The highest BCUT2D eigenvalue weighted by molar-refractivity contribution is 6.05. The summed E-state index contributed by atoms with van der Waals surface area (Å²) < 4.78 is 12.1. The van der Waals surface area contributed by atoms with Crippen LogP contribution in [-0.2, 0) is 13.2 Å². The first-order valence-corrected chi connectivity index (χ1v) is 10.7. The number of benzene rings is 2. The van der Waals surface area contributed by atoms with E-state index in [1.54, 1.807) is 30.5 Å². The zero-order valence-electron chi connectivity index (χ0n) is 18.4. The van der Waals surface area contributed by atoms with E-state index in [9.17, 15) is 9.18 Å². The maximum atomic E-state index is 12.2. The highest BCUT2D eigenvalue weighted by Gasteiger charge is 2.08. The van der Waals surface area contributed by atoms with Crippen LogP contribution in [0.3, 0.4) is 0 Å². The minimum absolute atomic E-state index is 0.0275. The Labute approximate surface area is 188 Å². The summed E-state index contributed by atoms with van der Waals surface area (Å²) in [6.45, 7) is 4.01. The summed E-state index contributed by atoms with van der Waals surface area (Å²) >= 11 is 0. The number of hydrogen-bond donors (Lipinski definition) is 4. The fraction of sp³-hybridized carbons (Fsp3) is 0.280. The molecule has 170 valence electrons. The van der Waals surface area contributed by atoms with Gasteiger partial charge in [-0.05, 0) is 60.5 Å². The maximum absolute atomic E-state index is 12.2. The fourth-order valence-corrected chi connectivity index (χ4v) is 2.81. The quantitative estimate of drug-likeness (QED) is 0.368. The Morgan fingerprint density at radius 3 is 2.34 bits per heavy atom. The van der Waals surface area contributed by atoms with Gasteiger partial charge in [0, 0.05) is 18.3 Å². The second-order valence-electron chi connectivity index (χ2n) is 7.26. The molecule has 0 radical (unpaired) electrons. The van der Waals surface area contributed by atoms with Crippen LogP contribution in [0.1, 0.15) is 47.7 Å². The number of nitrogens with zero attached hydrogens (tertiary/aromatic N) is 1. The zero-order valence-corrected chi connectivity index (χ0v) is 18.4. The summed E-state index contributed by atoms with van der Waals surface area (Å²) in [5.41, 5.74) is 8.75. The van der Waals surface area contributed by atoms with Gasteiger partial charge in [-0.3, -0.25) is 4.79 Å². The van der Waals surface area contributed by atoms with Crippen LogP contribution in [0, 0.1) is 5.82 Å². The molecular weight excluding hydrogens is 407 g/mol. The molecule has 5 N–H and O–H groups in total. The molecule has 32 heavy (non-hydrogen) atoms. The first kappa shape index (κ1) is 25.0. The number of carbonyl (C=O) groups excluding carboxylic acids is 1. The molecule has 0 atom stereocenters. The molecule has 3 aromatic rings. The Morgan fingerprint density at radius 2 is 1.72 bits per heavy atom. The summed E-state index contributed by atoms with van der Waals surface area (Å²) in [6.07, 6.45) is 5.27. The molecule has 7 heteroatoms. The van der Waals surface area contributed by atoms with Gasteiger partial charge in [-0.15, -0.1) is 0 Å².